The van der Waals surface area contributed by atoms with Crippen molar-refractivity contribution in [2.45, 2.75) is 0 Å². The summed E-state index contributed by atoms with van der Waals surface area (Å²) in [5, 5.41) is 10.3. The Balaban J connectivity index is 1.92. The van der Waals surface area contributed by atoms with Gasteiger partial charge in [-0.05, 0) is 30.3 Å². The fraction of sp³-hybridized carbons (Fsp3) is 0. The summed E-state index contributed by atoms with van der Waals surface area (Å²) in [6, 6.07) is 12.9. The van der Waals surface area contributed by atoms with Crippen LogP contribution >= 0.6 is 11.6 Å². The lowest BCUT2D eigenvalue weighted by Crippen LogP contribution is -1.85. The molecule has 0 aliphatic carbocycles. The molecular weight excluding hydrogens is 307 g/mol. The number of aromatic nitrogens is 1. The maximum Gasteiger partial charge on any atom is 0.312 e. The summed E-state index contributed by atoms with van der Waals surface area (Å²) in [4.78, 5) is 8.18. The number of halogens is 2. The second kappa shape index (κ2) is 5.99. The van der Waals surface area contributed by atoms with E-state index in [1.54, 1.807) is 36.4 Å². The zero-order valence-electron chi connectivity index (χ0n) is 11.2. The van der Waals surface area contributed by atoms with Crippen molar-refractivity contribution in [1.82, 2.24) is 4.98 Å². The summed E-state index contributed by atoms with van der Waals surface area (Å²) in [6.07, 6.45) is 1.33. The first-order chi connectivity index (χ1) is 10.6. The van der Waals surface area contributed by atoms with Crippen LogP contribution in [0.5, 0.6) is 5.95 Å². The minimum absolute atomic E-state index is 0.0110. The highest BCUT2D eigenvalue weighted by Gasteiger charge is 2.15. The molecule has 0 bridgehead atoms. The van der Waals surface area contributed by atoms with E-state index < -0.39 is 11.8 Å². The highest BCUT2D eigenvalue weighted by molar-refractivity contribution is 6.30. The van der Waals surface area contributed by atoms with Crippen LogP contribution in [0.15, 0.2) is 57.9 Å². The smallest absolute Gasteiger partial charge is 0.312 e. The minimum atomic E-state index is -0.484. The summed E-state index contributed by atoms with van der Waals surface area (Å²) in [5.74, 6) is -0.922. The average Bonchev–Trinajstić information content (AvgIpc) is 2.87. The number of aliphatic imine (C=N–C) groups is 1. The molecule has 2 aromatic carbocycles. The van der Waals surface area contributed by atoms with Crippen LogP contribution in [0.25, 0.3) is 11.5 Å². The number of rotatable bonds is 3. The Morgan fingerprint density at radius 3 is 2.77 bits per heavy atom. The molecule has 0 amide bonds. The van der Waals surface area contributed by atoms with E-state index in [9.17, 15) is 9.50 Å². The van der Waals surface area contributed by atoms with Crippen molar-refractivity contribution >= 4 is 23.5 Å². The number of hydrogen-bond acceptors (Lipinski definition) is 4. The zero-order valence-corrected chi connectivity index (χ0v) is 12.0. The molecule has 110 valence electrons. The molecule has 1 heterocycles. The van der Waals surface area contributed by atoms with Gasteiger partial charge in [-0.2, -0.15) is 0 Å². The molecule has 0 fully saturated rings. The number of nitrogens with zero attached hydrogens (tertiary/aromatic N) is 2. The number of hydrogen-bond donors (Lipinski definition) is 1. The molecule has 1 aromatic heterocycles. The van der Waals surface area contributed by atoms with Crippen molar-refractivity contribution in [1.29, 1.82) is 0 Å². The highest BCUT2D eigenvalue weighted by atomic mass is 35.5. The first-order valence-corrected chi connectivity index (χ1v) is 6.75. The van der Waals surface area contributed by atoms with Crippen LogP contribution in [0.1, 0.15) is 5.69 Å². The largest absolute Gasteiger partial charge is 0.479 e. The number of benzene rings is 2. The van der Waals surface area contributed by atoms with Crippen LogP contribution in [-0.4, -0.2) is 16.3 Å². The monoisotopic (exact) mass is 316 g/mol. The van der Waals surface area contributed by atoms with E-state index in [0.717, 1.165) is 0 Å². The van der Waals surface area contributed by atoms with Crippen LogP contribution < -0.4 is 0 Å². The van der Waals surface area contributed by atoms with Crippen LogP contribution in [0.4, 0.5) is 10.1 Å². The van der Waals surface area contributed by atoms with Crippen molar-refractivity contribution in [2.75, 3.05) is 0 Å². The molecule has 0 aliphatic rings. The normalized spacial score (nSPS) is 11.2. The Morgan fingerprint density at radius 2 is 2.00 bits per heavy atom. The molecule has 1 N–H and O–H groups in total. The predicted octanol–water partition coefficient (Wildman–Crippen LogP) is 4.59. The topological polar surface area (TPSA) is 58.6 Å². The molecule has 3 rings (SSSR count). The Kier molecular flexibility index (Phi) is 3.89. The molecule has 0 unspecified atom stereocenters. The lowest BCUT2D eigenvalue weighted by Gasteiger charge is -1.95. The third kappa shape index (κ3) is 2.99. The van der Waals surface area contributed by atoms with Crippen molar-refractivity contribution in [2.24, 2.45) is 4.99 Å². The third-order valence-electron chi connectivity index (χ3n) is 2.88. The zero-order chi connectivity index (χ0) is 15.5. The molecule has 0 aliphatic heterocycles. The molecule has 4 nitrogen and oxygen atoms in total. The van der Waals surface area contributed by atoms with Gasteiger partial charge in [-0.15, -0.1) is 0 Å². The van der Waals surface area contributed by atoms with Gasteiger partial charge in [0.2, 0.25) is 5.89 Å². The Morgan fingerprint density at radius 1 is 1.18 bits per heavy atom. The fourth-order valence-electron chi connectivity index (χ4n) is 1.85. The van der Waals surface area contributed by atoms with Crippen molar-refractivity contribution < 1.29 is 13.9 Å². The van der Waals surface area contributed by atoms with Gasteiger partial charge in [0.25, 0.3) is 0 Å². The number of oxazole rings is 1. The molecule has 0 atom stereocenters. The first kappa shape index (κ1) is 14.3. The van der Waals surface area contributed by atoms with Crippen LogP contribution in [-0.2, 0) is 0 Å². The van der Waals surface area contributed by atoms with Gasteiger partial charge < -0.3 is 9.52 Å². The summed E-state index contributed by atoms with van der Waals surface area (Å²) in [6.45, 7) is 0. The number of aromatic hydroxyl groups is 1. The third-order valence-corrected chi connectivity index (χ3v) is 3.12. The van der Waals surface area contributed by atoms with Gasteiger partial charge >= 0.3 is 5.95 Å². The first-order valence-electron chi connectivity index (χ1n) is 6.38. The second-order valence-corrected chi connectivity index (χ2v) is 4.86. The molecule has 0 radical (unpaired) electrons. The molecule has 0 saturated carbocycles. The van der Waals surface area contributed by atoms with Gasteiger partial charge in [-0.3, -0.25) is 4.99 Å². The quantitative estimate of drug-likeness (QED) is 0.719. The van der Waals surface area contributed by atoms with E-state index >= 15 is 0 Å². The van der Waals surface area contributed by atoms with E-state index in [4.69, 9.17) is 16.0 Å². The van der Waals surface area contributed by atoms with E-state index in [1.807, 2.05) is 0 Å². The standard InChI is InChI=1S/C16H10ClFN2O2/c17-10-4-3-5-11(8-10)19-9-14-16(21)22-15(20-14)12-6-1-2-7-13(12)18/h1-9,21H. The van der Waals surface area contributed by atoms with E-state index in [0.29, 0.717) is 10.7 Å². The molecule has 3 aromatic rings. The predicted molar refractivity (Wildman–Crippen MR) is 82.3 cm³/mol. The summed E-state index contributed by atoms with van der Waals surface area (Å²) in [7, 11) is 0. The fourth-order valence-corrected chi connectivity index (χ4v) is 2.03. The van der Waals surface area contributed by atoms with Gasteiger partial charge in [-0.25, -0.2) is 9.37 Å². The lowest BCUT2D eigenvalue weighted by atomic mass is 10.2. The Hall–Kier alpha value is -2.66. The van der Waals surface area contributed by atoms with Crippen molar-refractivity contribution in [3.05, 3.63) is 65.1 Å². The van der Waals surface area contributed by atoms with Crippen LogP contribution in [0, 0.1) is 5.82 Å². The summed E-state index contributed by atoms with van der Waals surface area (Å²) in [5.41, 5.74) is 0.876. The molecule has 22 heavy (non-hydrogen) atoms. The molecular formula is C16H10ClFN2O2. The molecule has 0 saturated heterocycles. The van der Waals surface area contributed by atoms with E-state index in [1.165, 1.54) is 18.3 Å². The highest BCUT2D eigenvalue weighted by Crippen LogP contribution is 2.27. The maximum atomic E-state index is 13.7. The van der Waals surface area contributed by atoms with E-state index in [-0.39, 0.29) is 17.1 Å². The molecule has 6 heteroatoms. The van der Waals surface area contributed by atoms with Crippen molar-refractivity contribution in [3.63, 3.8) is 0 Å². The van der Waals surface area contributed by atoms with Gasteiger partial charge in [0.05, 0.1) is 17.5 Å². The van der Waals surface area contributed by atoms with Gasteiger partial charge in [0.15, 0.2) is 5.69 Å². The van der Waals surface area contributed by atoms with Crippen molar-refractivity contribution in [3.8, 4) is 17.4 Å². The van der Waals surface area contributed by atoms with Gasteiger partial charge in [-0.1, -0.05) is 29.8 Å². The minimum Gasteiger partial charge on any atom is -0.479 e. The van der Waals surface area contributed by atoms with Gasteiger partial charge in [0, 0.05) is 5.02 Å². The second-order valence-electron chi connectivity index (χ2n) is 4.43. The average molecular weight is 317 g/mol. The molecule has 0 spiro atoms. The summed E-state index contributed by atoms with van der Waals surface area (Å²) < 4.78 is 18.8. The Bertz CT molecular complexity index is 846. The van der Waals surface area contributed by atoms with E-state index in [2.05, 4.69) is 9.98 Å². The van der Waals surface area contributed by atoms with Gasteiger partial charge in [0.1, 0.15) is 5.82 Å². The maximum absolute atomic E-state index is 13.7. The van der Waals surface area contributed by atoms with Crippen LogP contribution in [0.2, 0.25) is 5.02 Å². The SMILES string of the molecule is Oc1oc(-c2ccccc2F)nc1C=Nc1cccc(Cl)c1. The Labute approximate surface area is 130 Å². The lowest BCUT2D eigenvalue weighted by molar-refractivity contribution is 0.336. The summed E-state index contributed by atoms with van der Waals surface area (Å²) >= 11 is 5.86. The van der Waals surface area contributed by atoms with Crippen LogP contribution in [0.3, 0.4) is 0 Å².